The Morgan fingerprint density at radius 3 is 2.48 bits per heavy atom. The van der Waals surface area contributed by atoms with Crippen LogP contribution in [0.25, 0.3) is 0 Å². The molecule has 0 bridgehead atoms. The largest absolute Gasteiger partial charge is 0.497 e. The zero-order chi connectivity index (χ0) is 19.2. The van der Waals surface area contributed by atoms with Crippen LogP contribution in [0.3, 0.4) is 0 Å². The number of hydrogen-bond donors (Lipinski definition) is 1. The molecular formula is C20H27N5OS. The molecule has 27 heavy (non-hydrogen) atoms. The van der Waals surface area contributed by atoms with Crippen LogP contribution in [0.15, 0.2) is 30.3 Å². The number of ether oxygens (including phenoxy) is 1. The molecule has 0 unspecified atom stereocenters. The van der Waals surface area contributed by atoms with Gasteiger partial charge in [-0.3, -0.25) is 0 Å². The van der Waals surface area contributed by atoms with Gasteiger partial charge in [0.15, 0.2) is 5.11 Å². The fourth-order valence-corrected chi connectivity index (χ4v) is 3.47. The molecule has 1 aliphatic heterocycles. The number of hydrogen-bond acceptors (Lipinski definition) is 5. The monoisotopic (exact) mass is 385 g/mol. The van der Waals surface area contributed by atoms with Gasteiger partial charge in [-0.05, 0) is 49.8 Å². The molecule has 0 radical (unpaired) electrons. The van der Waals surface area contributed by atoms with Crippen molar-refractivity contribution in [1.29, 1.82) is 0 Å². The summed E-state index contributed by atoms with van der Waals surface area (Å²) in [6, 6.07) is 9.92. The third kappa shape index (κ3) is 5.07. The molecule has 0 saturated carbocycles. The van der Waals surface area contributed by atoms with Crippen LogP contribution in [0.4, 0.5) is 11.5 Å². The van der Waals surface area contributed by atoms with Gasteiger partial charge in [-0.2, -0.15) is 0 Å². The first-order chi connectivity index (χ1) is 13.1. The number of nitrogens with zero attached hydrogens (tertiary/aromatic N) is 4. The van der Waals surface area contributed by atoms with Gasteiger partial charge in [0.2, 0.25) is 0 Å². The van der Waals surface area contributed by atoms with Crippen LogP contribution in [0, 0.1) is 6.92 Å². The molecule has 0 aliphatic carbocycles. The van der Waals surface area contributed by atoms with Crippen LogP contribution < -0.4 is 15.0 Å². The van der Waals surface area contributed by atoms with E-state index in [1.165, 1.54) is 0 Å². The smallest absolute Gasteiger partial charge is 0.173 e. The molecule has 0 spiro atoms. The Labute approximate surface area is 166 Å². The van der Waals surface area contributed by atoms with Gasteiger partial charge < -0.3 is 19.9 Å². The average molecular weight is 386 g/mol. The van der Waals surface area contributed by atoms with E-state index in [1.54, 1.807) is 7.11 Å². The quantitative estimate of drug-likeness (QED) is 0.793. The van der Waals surface area contributed by atoms with E-state index in [4.69, 9.17) is 17.0 Å². The number of anilines is 2. The van der Waals surface area contributed by atoms with Crippen LogP contribution in [0.1, 0.15) is 24.9 Å². The van der Waals surface area contributed by atoms with Crippen LogP contribution >= 0.6 is 12.2 Å². The van der Waals surface area contributed by atoms with Crippen molar-refractivity contribution >= 4 is 28.8 Å². The first kappa shape index (κ1) is 19.4. The first-order valence-electron chi connectivity index (χ1n) is 9.38. The lowest BCUT2D eigenvalue weighted by molar-refractivity contribution is 0.389. The number of nitrogens with one attached hydrogen (secondary N) is 1. The van der Waals surface area contributed by atoms with Crippen LogP contribution in [-0.4, -0.2) is 53.3 Å². The molecule has 3 rings (SSSR count). The van der Waals surface area contributed by atoms with E-state index >= 15 is 0 Å². The number of benzene rings is 1. The highest BCUT2D eigenvalue weighted by molar-refractivity contribution is 7.80. The number of piperazine rings is 1. The Balaban J connectivity index is 1.57. The predicted octanol–water partition coefficient (Wildman–Crippen LogP) is 3.27. The fraction of sp³-hybridized carbons (Fsp3) is 0.450. The van der Waals surface area contributed by atoms with Crippen molar-refractivity contribution in [3.8, 4) is 5.75 Å². The molecular weight excluding hydrogens is 358 g/mol. The summed E-state index contributed by atoms with van der Waals surface area (Å²) < 4.78 is 5.19. The zero-order valence-electron chi connectivity index (χ0n) is 16.2. The molecule has 1 saturated heterocycles. The van der Waals surface area contributed by atoms with Gasteiger partial charge in [0, 0.05) is 43.6 Å². The summed E-state index contributed by atoms with van der Waals surface area (Å²) >= 11 is 5.59. The van der Waals surface area contributed by atoms with E-state index in [1.807, 2.05) is 31.2 Å². The van der Waals surface area contributed by atoms with Gasteiger partial charge in [0.25, 0.3) is 0 Å². The van der Waals surface area contributed by atoms with Crippen molar-refractivity contribution in [2.45, 2.75) is 26.7 Å². The topological polar surface area (TPSA) is 53.5 Å². The van der Waals surface area contributed by atoms with E-state index in [2.05, 4.69) is 38.1 Å². The van der Waals surface area contributed by atoms with Crippen molar-refractivity contribution in [2.24, 2.45) is 0 Å². The summed E-state index contributed by atoms with van der Waals surface area (Å²) in [7, 11) is 1.66. The molecule has 1 aromatic carbocycles. The standard InChI is InChI=1S/C20H27N5OS/c1-4-5-17-14-19(22-15(2)21-17)24-10-12-25(13-11-24)20(27)23-16-6-8-18(26-3)9-7-16/h6-9,14H,4-5,10-13H2,1-3H3,(H,23,27). The van der Waals surface area contributed by atoms with Gasteiger partial charge >= 0.3 is 0 Å². The van der Waals surface area contributed by atoms with E-state index in [-0.39, 0.29) is 0 Å². The number of methoxy groups -OCH3 is 1. The van der Waals surface area contributed by atoms with Crippen molar-refractivity contribution in [1.82, 2.24) is 14.9 Å². The Morgan fingerprint density at radius 1 is 1.15 bits per heavy atom. The molecule has 144 valence electrons. The van der Waals surface area contributed by atoms with E-state index < -0.39 is 0 Å². The number of aromatic nitrogens is 2. The Bertz CT molecular complexity index is 772. The summed E-state index contributed by atoms with van der Waals surface area (Å²) in [5.41, 5.74) is 2.10. The van der Waals surface area contributed by atoms with Crippen molar-refractivity contribution in [2.75, 3.05) is 43.5 Å². The normalized spacial score (nSPS) is 14.2. The second kappa shape index (κ2) is 8.99. The minimum atomic E-state index is 0.755. The minimum Gasteiger partial charge on any atom is -0.497 e. The molecule has 2 aromatic rings. The van der Waals surface area contributed by atoms with Crippen LogP contribution in [0.5, 0.6) is 5.75 Å². The Kier molecular flexibility index (Phi) is 6.45. The second-order valence-electron chi connectivity index (χ2n) is 6.65. The lowest BCUT2D eigenvalue weighted by Gasteiger charge is -2.37. The van der Waals surface area contributed by atoms with Gasteiger partial charge in [-0.15, -0.1) is 0 Å². The lowest BCUT2D eigenvalue weighted by atomic mass is 10.2. The van der Waals surface area contributed by atoms with E-state index in [9.17, 15) is 0 Å². The summed E-state index contributed by atoms with van der Waals surface area (Å²) in [6.45, 7) is 7.67. The van der Waals surface area contributed by atoms with Crippen LogP contribution in [-0.2, 0) is 6.42 Å². The molecule has 1 aromatic heterocycles. The Morgan fingerprint density at radius 2 is 1.85 bits per heavy atom. The summed E-state index contributed by atoms with van der Waals surface area (Å²) in [4.78, 5) is 13.7. The molecule has 2 heterocycles. The summed E-state index contributed by atoms with van der Waals surface area (Å²) in [6.07, 6.45) is 2.08. The van der Waals surface area contributed by atoms with Gasteiger partial charge in [0.1, 0.15) is 17.4 Å². The predicted molar refractivity (Wildman–Crippen MR) is 114 cm³/mol. The highest BCUT2D eigenvalue weighted by atomic mass is 32.1. The van der Waals surface area contributed by atoms with Gasteiger partial charge in [-0.1, -0.05) is 13.3 Å². The number of aryl methyl sites for hydroxylation is 2. The minimum absolute atomic E-state index is 0.755. The van der Waals surface area contributed by atoms with E-state index in [0.717, 1.165) is 72.9 Å². The third-order valence-electron chi connectivity index (χ3n) is 4.62. The SMILES string of the molecule is CCCc1cc(N2CCN(C(=S)Nc3ccc(OC)cc3)CC2)nc(C)n1. The average Bonchev–Trinajstić information content (AvgIpc) is 2.68. The summed E-state index contributed by atoms with van der Waals surface area (Å²) in [5.74, 6) is 2.71. The third-order valence-corrected chi connectivity index (χ3v) is 4.98. The first-order valence-corrected chi connectivity index (χ1v) is 9.79. The molecule has 1 fully saturated rings. The van der Waals surface area contributed by atoms with Crippen molar-refractivity contribution < 1.29 is 4.74 Å². The second-order valence-corrected chi connectivity index (χ2v) is 7.03. The van der Waals surface area contributed by atoms with Crippen LogP contribution in [0.2, 0.25) is 0 Å². The molecule has 1 aliphatic rings. The fourth-order valence-electron chi connectivity index (χ4n) is 3.17. The maximum atomic E-state index is 5.59. The molecule has 0 atom stereocenters. The lowest BCUT2D eigenvalue weighted by Crippen LogP contribution is -2.50. The van der Waals surface area contributed by atoms with Gasteiger partial charge in [0.05, 0.1) is 7.11 Å². The molecule has 7 heteroatoms. The highest BCUT2D eigenvalue weighted by Gasteiger charge is 2.20. The van der Waals surface area contributed by atoms with Crippen molar-refractivity contribution in [3.63, 3.8) is 0 Å². The molecule has 6 nitrogen and oxygen atoms in total. The number of thiocarbonyl (C=S) groups is 1. The Hall–Kier alpha value is -2.41. The maximum absolute atomic E-state index is 5.59. The maximum Gasteiger partial charge on any atom is 0.173 e. The summed E-state index contributed by atoms with van der Waals surface area (Å²) in [5, 5.41) is 4.07. The number of rotatable bonds is 5. The van der Waals surface area contributed by atoms with Crippen molar-refractivity contribution in [3.05, 3.63) is 41.9 Å². The van der Waals surface area contributed by atoms with E-state index in [0.29, 0.717) is 0 Å². The highest BCUT2D eigenvalue weighted by Crippen LogP contribution is 2.18. The molecule has 0 amide bonds. The molecule has 1 N–H and O–H groups in total. The zero-order valence-corrected chi connectivity index (χ0v) is 17.1. The van der Waals surface area contributed by atoms with Gasteiger partial charge in [-0.25, -0.2) is 9.97 Å².